The van der Waals surface area contributed by atoms with Gasteiger partial charge in [0, 0.05) is 11.7 Å². The minimum Gasteiger partial charge on any atom is -0.444 e. The van der Waals surface area contributed by atoms with Crippen molar-refractivity contribution in [3.63, 3.8) is 0 Å². The Morgan fingerprint density at radius 1 is 1.19 bits per heavy atom. The number of hydrogen-bond donors (Lipinski definition) is 3. The Morgan fingerprint density at radius 3 is 2.62 bits per heavy atom. The van der Waals surface area contributed by atoms with E-state index in [0.717, 1.165) is 12.8 Å². The molecule has 26 heavy (non-hydrogen) atoms. The Bertz CT molecular complexity index is 937. The molecule has 1 aliphatic rings. The molecule has 1 aliphatic carbocycles. The van der Waals surface area contributed by atoms with Crippen molar-refractivity contribution in [3.8, 4) is 0 Å². The third-order valence-corrected chi connectivity index (χ3v) is 5.48. The predicted octanol–water partition coefficient (Wildman–Crippen LogP) is 1.85. The number of nitrogens with one attached hydrogen (secondary N) is 3. The van der Waals surface area contributed by atoms with Crippen LogP contribution in [-0.2, 0) is 14.8 Å². The fourth-order valence-electron chi connectivity index (χ4n) is 2.12. The van der Waals surface area contributed by atoms with Crippen LogP contribution < -0.4 is 15.4 Å². The fourth-order valence-corrected chi connectivity index (χ4v) is 3.78. The Labute approximate surface area is 158 Å². The van der Waals surface area contributed by atoms with Crippen LogP contribution in [-0.4, -0.2) is 32.8 Å². The summed E-state index contributed by atoms with van der Waals surface area (Å²) < 4.78 is 32.5. The largest absolute Gasteiger partial charge is 0.444 e. The number of halogens is 1. The molecule has 1 aromatic heterocycles. The molecule has 3 rings (SSSR count). The van der Waals surface area contributed by atoms with Gasteiger partial charge in [-0.25, -0.2) is 13.1 Å². The number of benzene rings is 1. The van der Waals surface area contributed by atoms with Crippen molar-refractivity contribution < 1.29 is 22.4 Å². The number of furan rings is 1. The van der Waals surface area contributed by atoms with Crippen molar-refractivity contribution in [1.82, 2.24) is 10.0 Å². The van der Waals surface area contributed by atoms with Crippen LogP contribution in [0.25, 0.3) is 0 Å². The molecule has 0 spiro atoms. The highest BCUT2D eigenvalue weighted by Gasteiger charge is 2.28. The van der Waals surface area contributed by atoms with Crippen LogP contribution in [0.3, 0.4) is 0 Å². The molecule has 1 aromatic carbocycles. The molecule has 0 atom stereocenters. The number of anilines is 1. The van der Waals surface area contributed by atoms with Gasteiger partial charge < -0.3 is 15.1 Å². The van der Waals surface area contributed by atoms with Crippen molar-refractivity contribution in [1.29, 1.82) is 0 Å². The van der Waals surface area contributed by atoms with Gasteiger partial charge in [-0.2, -0.15) is 0 Å². The summed E-state index contributed by atoms with van der Waals surface area (Å²) in [5.74, 6) is -0.951. The first-order chi connectivity index (χ1) is 12.3. The van der Waals surface area contributed by atoms with Crippen molar-refractivity contribution in [3.05, 3.63) is 46.8 Å². The molecule has 0 unspecified atom stereocenters. The van der Waals surface area contributed by atoms with E-state index < -0.39 is 21.8 Å². The maximum absolute atomic E-state index is 12.2. The molecule has 1 heterocycles. The second-order valence-corrected chi connectivity index (χ2v) is 8.25. The minimum absolute atomic E-state index is 0.00454. The van der Waals surface area contributed by atoms with Gasteiger partial charge in [0.15, 0.2) is 10.4 Å². The van der Waals surface area contributed by atoms with Gasteiger partial charge in [0.05, 0.1) is 11.4 Å². The van der Waals surface area contributed by atoms with E-state index in [1.54, 1.807) is 12.1 Å². The van der Waals surface area contributed by atoms with Crippen LogP contribution in [0.2, 0.25) is 0 Å². The number of amides is 2. The third kappa shape index (κ3) is 4.93. The first-order valence-corrected chi connectivity index (χ1v) is 10.1. The minimum atomic E-state index is -3.60. The maximum atomic E-state index is 12.2. The molecule has 0 aliphatic heterocycles. The van der Waals surface area contributed by atoms with E-state index in [1.807, 2.05) is 0 Å². The highest BCUT2D eigenvalue weighted by molar-refractivity contribution is 9.10. The van der Waals surface area contributed by atoms with E-state index in [2.05, 4.69) is 31.3 Å². The van der Waals surface area contributed by atoms with E-state index in [9.17, 15) is 18.0 Å². The first kappa shape index (κ1) is 18.6. The van der Waals surface area contributed by atoms with E-state index in [4.69, 9.17) is 4.42 Å². The number of hydrogen-bond acceptors (Lipinski definition) is 5. The second-order valence-electron chi connectivity index (χ2n) is 5.76. The monoisotopic (exact) mass is 441 g/mol. The van der Waals surface area contributed by atoms with Gasteiger partial charge in [-0.15, -0.1) is 0 Å². The Balaban J connectivity index is 1.57. The predicted molar refractivity (Wildman–Crippen MR) is 97.2 cm³/mol. The van der Waals surface area contributed by atoms with Gasteiger partial charge in [0.2, 0.25) is 15.9 Å². The van der Waals surface area contributed by atoms with E-state index in [0.29, 0.717) is 10.4 Å². The number of rotatable bonds is 7. The van der Waals surface area contributed by atoms with E-state index in [1.165, 1.54) is 24.3 Å². The van der Waals surface area contributed by atoms with Crippen molar-refractivity contribution in [2.45, 2.75) is 23.8 Å². The molecular formula is C16H16BrN3O5S. The number of carbonyl (C=O) groups excluding carboxylic acids is 2. The van der Waals surface area contributed by atoms with E-state index >= 15 is 0 Å². The Kier molecular flexibility index (Phi) is 5.44. The van der Waals surface area contributed by atoms with Gasteiger partial charge in [0.25, 0.3) is 5.91 Å². The highest BCUT2D eigenvalue weighted by atomic mass is 79.9. The van der Waals surface area contributed by atoms with Crippen molar-refractivity contribution in [2.75, 3.05) is 11.9 Å². The standard InChI is InChI=1S/C16H16BrN3O5S/c17-14-7-6-13(25-14)16(22)18-9-15(21)19-11-2-1-3-12(8-11)26(23,24)20-10-4-5-10/h1-3,6-8,10,20H,4-5,9H2,(H,18,22)(H,19,21). The molecule has 3 N–H and O–H groups in total. The topological polar surface area (TPSA) is 118 Å². The smallest absolute Gasteiger partial charge is 0.287 e. The number of sulfonamides is 1. The highest BCUT2D eigenvalue weighted by Crippen LogP contribution is 2.23. The summed E-state index contributed by atoms with van der Waals surface area (Å²) in [6.07, 6.45) is 1.67. The fraction of sp³-hybridized carbons (Fsp3) is 0.250. The third-order valence-electron chi connectivity index (χ3n) is 3.53. The average Bonchev–Trinajstić information content (AvgIpc) is 3.29. The molecule has 2 amide bonds. The van der Waals surface area contributed by atoms with Crippen LogP contribution in [0.5, 0.6) is 0 Å². The quantitative estimate of drug-likeness (QED) is 0.605. The lowest BCUT2D eigenvalue weighted by molar-refractivity contribution is -0.115. The second kappa shape index (κ2) is 7.60. The summed E-state index contributed by atoms with van der Waals surface area (Å²) >= 11 is 3.09. The van der Waals surface area contributed by atoms with Crippen LogP contribution in [0, 0.1) is 0 Å². The summed E-state index contributed by atoms with van der Waals surface area (Å²) in [6, 6.07) is 8.96. The lowest BCUT2D eigenvalue weighted by Crippen LogP contribution is -2.32. The van der Waals surface area contributed by atoms with Crippen molar-refractivity contribution in [2.24, 2.45) is 0 Å². The maximum Gasteiger partial charge on any atom is 0.287 e. The Hall–Kier alpha value is -2.17. The number of carbonyl (C=O) groups is 2. The van der Waals surface area contributed by atoms with Crippen LogP contribution >= 0.6 is 15.9 Å². The lowest BCUT2D eigenvalue weighted by Gasteiger charge is -2.09. The van der Waals surface area contributed by atoms with Gasteiger partial charge in [-0.05, 0) is 59.1 Å². The van der Waals surface area contributed by atoms with Crippen LogP contribution in [0.15, 0.2) is 50.4 Å². The molecule has 0 saturated heterocycles. The summed E-state index contributed by atoms with van der Waals surface area (Å²) in [6.45, 7) is -0.283. The van der Waals surface area contributed by atoms with Crippen LogP contribution in [0.1, 0.15) is 23.4 Å². The summed E-state index contributed by atoms with van der Waals surface area (Å²) in [7, 11) is -3.60. The SMILES string of the molecule is O=C(CNC(=O)c1ccc(Br)o1)Nc1cccc(S(=O)(=O)NC2CC2)c1. The average molecular weight is 442 g/mol. The Morgan fingerprint density at radius 2 is 1.96 bits per heavy atom. The van der Waals surface area contributed by atoms with E-state index in [-0.39, 0.29) is 23.2 Å². The van der Waals surface area contributed by atoms with Gasteiger partial charge in [-0.3, -0.25) is 9.59 Å². The summed E-state index contributed by atoms with van der Waals surface area (Å²) in [5, 5.41) is 4.97. The zero-order valence-corrected chi connectivity index (χ0v) is 15.9. The van der Waals surface area contributed by atoms with Gasteiger partial charge in [0.1, 0.15) is 0 Å². The first-order valence-electron chi connectivity index (χ1n) is 7.79. The normalized spacial score (nSPS) is 14.0. The molecule has 0 bridgehead atoms. The molecule has 2 aromatic rings. The molecule has 138 valence electrons. The zero-order valence-electron chi connectivity index (χ0n) is 13.5. The zero-order chi connectivity index (χ0) is 18.7. The molecule has 8 nitrogen and oxygen atoms in total. The summed E-state index contributed by atoms with van der Waals surface area (Å²) in [4.78, 5) is 23.9. The molecule has 10 heteroatoms. The van der Waals surface area contributed by atoms with Gasteiger partial charge >= 0.3 is 0 Å². The molecular weight excluding hydrogens is 426 g/mol. The summed E-state index contributed by atoms with van der Waals surface area (Å²) in [5.41, 5.74) is 0.323. The molecule has 0 radical (unpaired) electrons. The van der Waals surface area contributed by atoms with Gasteiger partial charge in [-0.1, -0.05) is 6.07 Å². The molecule has 1 saturated carbocycles. The molecule has 1 fully saturated rings. The van der Waals surface area contributed by atoms with Crippen molar-refractivity contribution >= 4 is 43.5 Å². The lowest BCUT2D eigenvalue weighted by atomic mass is 10.3. The van der Waals surface area contributed by atoms with Crippen LogP contribution in [0.4, 0.5) is 5.69 Å².